The summed E-state index contributed by atoms with van der Waals surface area (Å²) < 4.78 is 1.15. The van der Waals surface area contributed by atoms with Gasteiger partial charge in [0.05, 0.1) is 5.52 Å². The molecule has 0 saturated carbocycles. The van der Waals surface area contributed by atoms with Crippen molar-refractivity contribution in [1.29, 1.82) is 0 Å². The Balaban J connectivity index is 2.08. The van der Waals surface area contributed by atoms with E-state index in [1.54, 1.807) is 6.33 Å². The maximum Gasteiger partial charge on any atom is 0.141 e. The molecule has 0 bridgehead atoms. The lowest BCUT2D eigenvalue weighted by molar-refractivity contribution is 1.21. The number of hydrogen-bond acceptors (Lipinski definition) is 3. The number of fused-ring (bicyclic) bond motifs is 1. The summed E-state index contributed by atoms with van der Waals surface area (Å²) in [6.45, 7) is 2.02. The van der Waals surface area contributed by atoms with Gasteiger partial charge in [0.2, 0.25) is 0 Å². The minimum atomic E-state index is 0.732. The smallest absolute Gasteiger partial charge is 0.141 e. The predicted octanol–water partition coefficient (Wildman–Crippen LogP) is 4.94. The van der Waals surface area contributed by atoms with E-state index in [1.165, 1.54) is 0 Å². The van der Waals surface area contributed by atoms with Crippen LogP contribution in [0.3, 0.4) is 0 Å². The van der Waals surface area contributed by atoms with Crippen molar-refractivity contribution < 1.29 is 0 Å². The largest absolute Gasteiger partial charge is 0.339 e. The van der Waals surface area contributed by atoms with E-state index >= 15 is 0 Å². The quantitative estimate of drug-likeness (QED) is 0.625. The van der Waals surface area contributed by atoms with Gasteiger partial charge < -0.3 is 5.32 Å². The molecular formula is C15H11ClIN3. The molecule has 0 radical (unpaired) electrons. The fourth-order valence-corrected chi connectivity index (χ4v) is 2.74. The Morgan fingerprint density at radius 2 is 1.95 bits per heavy atom. The van der Waals surface area contributed by atoms with Gasteiger partial charge in [-0.05, 0) is 71.5 Å². The van der Waals surface area contributed by atoms with E-state index in [4.69, 9.17) is 11.6 Å². The van der Waals surface area contributed by atoms with Gasteiger partial charge in [0.15, 0.2) is 0 Å². The minimum absolute atomic E-state index is 0.732. The number of hydrogen-bond donors (Lipinski definition) is 1. The third kappa shape index (κ3) is 2.71. The Kier molecular flexibility index (Phi) is 3.76. The lowest BCUT2D eigenvalue weighted by Gasteiger charge is -2.11. The number of benzene rings is 2. The van der Waals surface area contributed by atoms with Crippen molar-refractivity contribution >= 4 is 56.6 Å². The molecule has 3 aromatic rings. The molecule has 0 atom stereocenters. The third-order valence-corrected chi connectivity index (χ3v) is 3.94. The summed E-state index contributed by atoms with van der Waals surface area (Å²) in [6, 6.07) is 11.9. The van der Waals surface area contributed by atoms with Crippen LogP contribution in [0, 0.1) is 10.5 Å². The Morgan fingerprint density at radius 3 is 2.75 bits per heavy atom. The SMILES string of the molecule is Cc1cc(Cl)ccc1Nc1ncnc2ccc(I)cc12. The summed E-state index contributed by atoms with van der Waals surface area (Å²) in [4.78, 5) is 8.63. The molecule has 3 rings (SSSR count). The zero-order chi connectivity index (χ0) is 14.1. The van der Waals surface area contributed by atoms with Crippen molar-refractivity contribution in [3.05, 3.63) is 56.9 Å². The summed E-state index contributed by atoms with van der Waals surface area (Å²) in [7, 11) is 0. The molecule has 1 N–H and O–H groups in total. The highest BCUT2D eigenvalue weighted by atomic mass is 127. The van der Waals surface area contributed by atoms with Crippen LogP contribution in [0.1, 0.15) is 5.56 Å². The second kappa shape index (κ2) is 5.54. The van der Waals surface area contributed by atoms with Crippen LogP contribution in [-0.4, -0.2) is 9.97 Å². The third-order valence-electron chi connectivity index (χ3n) is 3.04. The second-order valence-corrected chi connectivity index (χ2v) is 6.15. The molecular weight excluding hydrogens is 385 g/mol. The maximum atomic E-state index is 5.98. The molecule has 0 amide bonds. The Labute approximate surface area is 135 Å². The fourth-order valence-electron chi connectivity index (χ4n) is 2.02. The first-order valence-corrected chi connectivity index (χ1v) is 7.52. The van der Waals surface area contributed by atoms with E-state index in [0.717, 1.165) is 36.6 Å². The number of nitrogens with zero attached hydrogens (tertiary/aromatic N) is 2. The topological polar surface area (TPSA) is 37.8 Å². The highest BCUT2D eigenvalue weighted by Crippen LogP contribution is 2.27. The lowest BCUT2D eigenvalue weighted by atomic mass is 10.2. The van der Waals surface area contributed by atoms with E-state index in [9.17, 15) is 0 Å². The van der Waals surface area contributed by atoms with Gasteiger partial charge in [-0.1, -0.05) is 11.6 Å². The summed E-state index contributed by atoms with van der Waals surface area (Å²) in [5.74, 6) is 0.805. The number of aryl methyl sites for hydroxylation is 1. The molecule has 5 heteroatoms. The van der Waals surface area contributed by atoms with Crippen molar-refractivity contribution in [2.24, 2.45) is 0 Å². The zero-order valence-corrected chi connectivity index (χ0v) is 13.6. The first-order valence-electron chi connectivity index (χ1n) is 6.07. The van der Waals surface area contributed by atoms with Gasteiger partial charge >= 0.3 is 0 Å². The van der Waals surface area contributed by atoms with E-state index in [1.807, 2.05) is 37.3 Å². The summed E-state index contributed by atoms with van der Waals surface area (Å²) in [5, 5.41) is 5.10. The van der Waals surface area contributed by atoms with Crippen LogP contribution in [-0.2, 0) is 0 Å². The minimum Gasteiger partial charge on any atom is -0.339 e. The van der Waals surface area contributed by atoms with Crippen LogP contribution >= 0.6 is 34.2 Å². The molecule has 0 spiro atoms. The molecule has 0 aliphatic heterocycles. The van der Waals surface area contributed by atoms with Crippen molar-refractivity contribution in [2.75, 3.05) is 5.32 Å². The second-order valence-electron chi connectivity index (χ2n) is 4.47. The van der Waals surface area contributed by atoms with Gasteiger partial charge in [0, 0.05) is 19.7 Å². The number of rotatable bonds is 2. The van der Waals surface area contributed by atoms with Gasteiger partial charge in [0.25, 0.3) is 0 Å². The van der Waals surface area contributed by atoms with Gasteiger partial charge in [-0.25, -0.2) is 9.97 Å². The van der Waals surface area contributed by atoms with Crippen molar-refractivity contribution in [3.8, 4) is 0 Å². The van der Waals surface area contributed by atoms with Crippen LogP contribution in [0.5, 0.6) is 0 Å². The first kappa shape index (κ1) is 13.6. The maximum absolute atomic E-state index is 5.98. The summed E-state index contributed by atoms with van der Waals surface area (Å²) in [5.41, 5.74) is 3.00. The Bertz CT molecular complexity index is 789. The molecule has 0 saturated heterocycles. The first-order chi connectivity index (χ1) is 9.63. The van der Waals surface area contributed by atoms with Crippen LogP contribution in [0.2, 0.25) is 5.02 Å². The highest BCUT2D eigenvalue weighted by Gasteiger charge is 2.06. The van der Waals surface area contributed by atoms with Gasteiger partial charge in [-0.3, -0.25) is 0 Å². The van der Waals surface area contributed by atoms with Crippen LogP contribution in [0.4, 0.5) is 11.5 Å². The molecule has 0 aliphatic carbocycles. The molecule has 0 unspecified atom stereocenters. The lowest BCUT2D eigenvalue weighted by Crippen LogP contribution is -1.98. The molecule has 0 aliphatic rings. The monoisotopic (exact) mass is 395 g/mol. The molecule has 20 heavy (non-hydrogen) atoms. The highest BCUT2D eigenvalue weighted by molar-refractivity contribution is 14.1. The van der Waals surface area contributed by atoms with Crippen LogP contribution in [0.25, 0.3) is 10.9 Å². The van der Waals surface area contributed by atoms with Crippen molar-refractivity contribution in [2.45, 2.75) is 6.92 Å². The van der Waals surface area contributed by atoms with Crippen molar-refractivity contribution in [3.63, 3.8) is 0 Å². The van der Waals surface area contributed by atoms with E-state index < -0.39 is 0 Å². The van der Waals surface area contributed by atoms with Crippen LogP contribution in [0.15, 0.2) is 42.7 Å². The molecule has 1 heterocycles. The molecule has 100 valence electrons. The Morgan fingerprint density at radius 1 is 1.10 bits per heavy atom. The normalized spacial score (nSPS) is 10.8. The van der Waals surface area contributed by atoms with Gasteiger partial charge in [-0.15, -0.1) is 0 Å². The van der Waals surface area contributed by atoms with Gasteiger partial charge in [-0.2, -0.15) is 0 Å². The molecule has 1 aromatic heterocycles. The molecule has 3 nitrogen and oxygen atoms in total. The number of anilines is 2. The Hall–Kier alpha value is -1.40. The summed E-state index contributed by atoms with van der Waals surface area (Å²) >= 11 is 8.27. The number of halogens is 2. The van der Waals surface area contributed by atoms with Crippen molar-refractivity contribution in [1.82, 2.24) is 9.97 Å². The fraction of sp³-hybridized carbons (Fsp3) is 0.0667. The van der Waals surface area contributed by atoms with E-state index in [0.29, 0.717) is 0 Å². The predicted molar refractivity (Wildman–Crippen MR) is 91.7 cm³/mol. The van der Waals surface area contributed by atoms with Crippen LogP contribution < -0.4 is 5.32 Å². The van der Waals surface area contributed by atoms with Gasteiger partial charge in [0.1, 0.15) is 12.1 Å². The standard InChI is InChI=1S/C15H11ClIN3/c1-9-6-10(16)2-4-13(9)20-15-12-7-11(17)3-5-14(12)18-8-19-15/h2-8H,1H3,(H,18,19,20). The number of nitrogens with one attached hydrogen (secondary N) is 1. The van der Waals surface area contributed by atoms with E-state index in [2.05, 4.69) is 43.9 Å². The average molecular weight is 396 g/mol. The zero-order valence-electron chi connectivity index (χ0n) is 10.7. The summed E-state index contributed by atoms with van der Waals surface area (Å²) in [6.07, 6.45) is 1.57. The number of aromatic nitrogens is 2. The van der Waals surface area contributed by atoms with E-state index in [-0.39, 0.29) is 0 Å². The molecule has 2 aromatic carbocycles. The average Bonchev–Trinajstić information content (AvgIpc) is 2.42. The molecule has 0 fully saturated rings.